The molecule has 3 saturated carbocycles. The van der Waals surface area contributed by atoms with Gasteiger partial charge in [-0.1, -0.05) is 134 Å². The minimum atomic E-state index is 0. The van der Waals surface area contributed by atoms with Crippen LogP contribution in [0.1, 0.15) is 160 Å². The van der Waals surface area contributed by atoms with E-state index in [0.717, 1.165) is 25.5 Å². The average molecular weight is 538 g/mol. The molecule has 32 heavy (non-hydrogen) atoms. The second-order valence-electron chi connectivity index (χ2n) is 6.52. The van der Waals surface area contributed by atoms with Gasteiger partial charge in [-0.3, -0.25) is 0 Å². The Balaban J connectivity index is -0.0000000473. The van der Waals surface area contributed by atoms with Crippen molar-refractivity contribution in [2.45, 2.75) is 160 Å². The number of rotatable bonds is 2. The summed E-state index contributed by atoms with van der Waals surface area (Å²) in [5.74, 6) is 1.97. The van der Waals surface area contributed by atoms with Gasteiger partial charge < -0.3 is 17.3 Å². The summed E-state index contributed by atoms with van der Waals surface area (Å²) in [7, 11) is 1.00. The van der Waals surface area contributed by atoms with Crippen LogP contribution in [0, 0.1) is 18.3 Å². The number of hydrogen-bond donors (Lipinski definition) is 2. The number of aliphatic hydroxyl groups is 1. The molecule has 3 heteroatoms. The Morgan fingerprint density at radius 3 is 1.00 bits per heavy atom. The van der Waals surface area contributed by atoms with Crippen molar-refractivity contribution >= 4 is 0 Å². The van der Waals surface area contributed by atoms with Gasteiger partial charge in [0, 0.05) is 39.8 Å². The second kappa shape index (κ2) is 63.5. The molecule has 3 fully saturated rings. The number of hydrogen-bond acceptors (Lipinski definition) is 2. The van der Waals surface area contributed by atoms with Crippen LogP contribution in [0.25, 0.3) is 0 Å². The fourth-order valence-corrected chi connectivity index (χ4v) is 3.39. The fraction of sp³-hybridized carbons (Fsp3) is 0.966. The second-order valence-corrected chi connectivity index (χ2v) is 6.52. The van der Waals surface area contributed by atoms with Gasteiger partial charge in [-0.15, -0.1) is 0 Å². The van der Waals surface area contributed by atoms with E-state index in [0.29, 0.717) is 0 Å². The molecule has 3 N–H and O–H groups in total. The van der Waals surface area contributed by atoms with Crippen molar-refractivity contribution in [3.05, 3.63) is 6.42 Å². The van der Waals surface area contributed by atoms with Crippen LogP contribution in [-0.2, 0) is 32.7 Å². The Morgan fingerprint density at radius 1 is 0.594 bits per heavy atom. The van der Waals surface area contributed by atoms with Crippen molar-refractivity contribution in [2.75, 3.05) is 13.7 Å². The van der Waals surface area contributed by atoms with Crippen LogP contribution in [0.3, 0.4) is 0 Å². The Hall–Kier alpha value is 1.02. The van der Waals surface area contributed by atoms with E-state index in [1.807, 2.05) is 69.2 Å². The van der Waals surface area contributed by atoms with Crippen LogP contribution in [-0.4, -0.2) is 18.8 Å². The third-order valence-corrected chi connectivity index (χ3v) is 4.93. The summed E-state index contributed by atoms with van der Waals surface area (Å²) >= 11 is 0. The molecule has 201 valence electrons. The van der Waals surface area contributed by atoms with Gasteiger partial charge in [0.05, 0.1) is 0 Å². The maximum Gasteiger partial charge on any atom is 0.0319 e. The minimum Gasteiger partial charge on any atom is -0.400 e. The largest absolute Gasteiger partial charge is 0.400 e. The summed E-state index contributed by atoms with van der Waals surface area (Å²) in [5.41, 5.74) is 5.43. The molecule has 0 aromatic carbocycles. The monoisotopic (exact) mass is 537 g/mol. The molecule has 0 spiro atoms. The van der Waals surface area contributed by atoms with Crippen molar-refractivity contribution in [1.29, 1.82) is 0 Å². The van der Waals surface area contributed by atoms with Crippen LogP contribution < -0.4 is 5.73 Å². The summed E-state index contributed by atoms with van der Waals surface area (Å²) in [6.07, 6.45) is 21.0. The predicted molar refractivity (Wildman–Crippen MR) is 151 cm³/mol. The van der Waals surface area contributed by atoms with Gasteiger partial charge in [0.15, 0.2) is 0 Å². The Kier molecular flexibility index (Phi) is 99.3. The maximum absolute atomic E-state index is 7.00. The molecule has 0 aromatic heterocycles. The molecule has 0 aromatic rings. The fourth-order valence-electron chi connectivity index (χ4n) is 3.39. The molecule has 3 aliphatic rings. The molecule has 0 unspecified atom stereocenters. The first-order valence-corrected chi connectivity index (χ1v) is 14.3. The van der Waals surface area contributed by atoms with E-state index in [2.05, 4.69) is 13.3 Å². The quantitative estimate of drug-likeness (QED) is 0.344. The van der Waals surface area contributed by atoms with Crippen LogP contribution in [0.2, 0.25) is 0 Å². The smallest absolute Gasteiger partial charge is 0.0319 e. The SMILES string of the molecule is CC.CC.CC.CC.CC.CCC1CCCC1.CO.NCC1CCCC1.[CH-]1CCCC1.[Y]. The van der Waals surface area contributed by atoms with Gasteiger partial charge in [0.2, 0.25) is 0 Å². The molecule has 0 amide bonds. The van der Waals surface area contributed by atoms with E-state index in [1.165, 1.54) is 83.5 Å². The van der Waals surface area contributed by atoms with Gasteiger partial charge in [0.1, 0.15) is 0 Å². The zero-order valence-electron chi connectivity index (χ0n) is 25.2. The molecular formula is C29H70NOY-. The topological polar surface area (TPSA) is 46.2 Å². The van der Waals surface area contributed by atoms with E-state index in [-0.39, 0.29) is 32.7 Å². The van der Waals surface area contributed by atoms with E-state index in [9.17, 15) is 0 Å². The molecule has 3 rings (SSSR count). The Bertz CT molecular complexity index is 164. The Labute approximate surface area is 234 Å². The zero-order valence-corrected chi connectivity index (χ0v) is 28.1. The number of aliphatic hydroxyl groups excluding tert-OH is 1. The van der Waals surface area contributed by atoms with Crippen LogP contribution in [0.4, 0.5) is 0 Å². The summed E-state index contributed by atoms with van der Waals surface area (Å²) in [5, 5.41) is 7.00. The minimum absolute atomic E-state index is 0. The van der Waals surface area contributed by atoms with Gasteiger partial charge in [0.25, 0.3) is 0 Å². The maximum atomic E-state index is 7.00. The summed E-state index contributed by atoms with van der Waals surface area (Å²) in [6.45, 7) is 23.2. The van der Waals surface area contributed by atoms with Crippen LogP contribution in [0.15, 0.2) is 0 Å². The van der Waals surface area contributed by atoms with Gasteiger partial charge in [-0.25, -0.2) is 0 Å². The van der Waals surface area contributed by atoms with Gasteiger partial charge >= 0.3 is 0 Å². The Morgan fingerprint density at radius 2 is 0.875 bits per heavy atom. The molecule has 1 radical (unpaired) electrons. The molecule has 3 aliphatic carbocycles. The van der Waals surface area contributed by atoms with Crippen molar-refractivity contribution < 1.29 is 37.8 Å². The molecule has 0 aliphatic heterocycles. The van der Waals surface area contributed by atoms with E-state index in [1.54, 1.807) is 0 Å². The van der Waals surface area contributed by atoms with Crippen molar-refractivity contribution in [3.8, 4) is 0 Å². The number of nitrogens with two attached hydrogens (primary N) is 1. The molecule has 0 heterocycles. The first kappa shape index (κ1) is 50.0. The summed E-state index contributed by atoms with van der Waals surface area (Å²) in [6, 6.07) is 0. The normalized spacial score (nSPS) is 15.2. The first-order valence-electron chi connectivity index (χ1n) is 14.3. The molecule has 2 nitrogen and oxygen atoms in total. The third kappa shape index (κ3) is 48.5. The van der Waals surface area contributed by atoms with Crippen molar-refractivity contribution in [1.82, 2.24) is 0 Å². The molecule has 0 saturated heterocycles. The summed E-state index contributed by atoms with van der Waals surface area (Å²) < 4.78 is 0. The molecular weight excluding hydrogens is 467 g/mol. The van der Waals surface area contributed by atoms with E-state index < -0.39 is 0 Å². The third-order valence-electron chi connectivity index (χ3n) is 4.93. The van der Waals surface area contributed by atoms with Gasteiger partial charge in [-0.2, -0.15) is 12.8 Å². The predicted octanol–water partition coefficient (Wildman–Crippen LogP) is 10.2. The van der Waals surface area contributed by atoms with Gasteiger partial charge in [-0.05, 0) is 31.2 Å². The van der Waals surface area contributed by atoms with E-state index in [4.69, 9.17) is 10.8 Å². The molecule has 0 bridgehead atoms. The molecule has 0 atom stereocenters. The van der Waals surface area contributed by atoms with Crippen LogP contribution >= 0.6 is 0 Å². The van der Waals surface area contributed by atoms with Crippen molar-refractivity contribution in [3.63, 3.8) is 0 Å². The van der Waals surface area contributed by atoms with Crippen LogP contribution in [0.5, 0.6) is 0 Å². The van der Waals surface area contributed by atoms with E-state index >= 15 is 0 Å². The summed E-state index contributed by atoms with van der Waals surface area (Å²) in [4.78, 5) is 0. The zero-order chi connectivity index (χ0) is 25.8. The van der Waals surface area contributed by atoms with Crippen molar-refractivity contribution in [2.24, 2.45) is 17.6 Å². The average Bonchev–Trinajstić information content (AvgIpc) is 3.72. The standard InChI is InChI=1S/C7H14.C6H13N.C5H9.5C2H6.CH4O.Y/c1-2-7-5-3-4-6-7;7-5-6-3-1-2-4-6;1-2-4-5-3-1;6*1-2;/h7H,2-6H2,1H3;6H,1-5,7H2;1H,2-5H2;5*1-2H3;2H,1H3;/q;;-1;;;;;;;. The first-order chi connectivity index (χ1) is 15.4.